The Labute approximate surface area is 183 Å². The standard InChI is InChI=1S/C18H17ClF3NO2S.C2H6S/c1-3-26-14-4-5-16(15(19)9-14)25-13-7-11(10(2)17(23)24)6-12(8-13)18(20,21)22;1-2-3/h4-10H,3H2,1-2H3,(H2,23,24);3H,2H2,1H3. The van der Waals surface area contributed by atoms with Crippen molar-refractivity contribution < 1.29 is 22.7 Å². The van der Waals surface area contributed by atoms with E-state index in [-0.39, 0.29) is 22.1 Å². The first kappa shape index (κ1) is 25.5. The fourth-order valence-electron chi connectivity index (χ4n) is 2.21. The van der Waals surface area contributed by atoms with E-state index in [2.05, 4.69) is 12.6 Å². The van der Waals surface area contributed by atoms with Crippen molar-refractivity contribution in [3.8, 4) is 11.5 Å². The summed E-state index contributed by atoms with van der Waals surface area (Å²) in [6.07, 6.45) is -4.59. The minimum atomic E-state index is -4.59. The van der Waals surface area contributed by atoms with Gasteiger partial charge in [-0.15, -0.1) is 11.8 Å². The lowest BCUT2D eigenvalue weighted by Gasteiger charge is -2.16. The molecule has 2 aromatic carbocycles. The van der Waals surface area contributed by atoms with E-state index < -0.39 is 23.6 Å². The van der Waals surface area contributed by atoms with Crippen molar-refractivity contribution in [3.05, 3.63) is 52.5 Å². The summed E-state index contributed by atoms with van der Waals surface area (Å²) in [7, 11) is 0. The molecule has 2 rings (SSSR count). The van der Waals surface area contributed by atoms with Crippen LogP contribution in [0.1, 0.15) is 37.8 Å². The van der Waals surface area contributed by atoms with Crippen LogP contribution in [0.15, 0.2) is 41.3 Å². The number of rotatable bonds is 6. The Morgan fingerprint density at radius 3 is 2.34 bits per heavy atom. The van der Waals surface area contributed by atoms with Crippen LogP contribution >= 0.6 is 36.0 Å². The van der Waals surface area contributed by atoms with Crippen LogP contribution in [0.25, 0.3) is 0 Å². The highest BCUT2D eigenvalue weighted by Crippen LogP contribution is 2.38. The van der Waals surface area contributed by atoms with E-state index in [0.29, 0.717) is 0 Å². The van der Waals surface area contributed by atoms with Gasteiger partial charge in [0.15, 0.2) is 0 Å². The predicted molar refractivity (Wildman–Crippen MR) is 117 cm³/mol. The monoisotopic (exact) mass is 465 g/mol. The van der Waals surface area contributed by atoms with E-state index in [1.54, 1.807) is 30.0 Å². The van der Waals surface area contributed by atoms with E-state index in [4.69, 9.17) is 22.1 Å². The molecule has 0 aliphatic rings. The zero-order chi connectivity index (χ0) is 22.2. The molecule has 0 bridgehead atoms. The van der Waals surface area contributed by atoms with Crippen molar-refractivity contribution in [1.82, 2.24) is 0 Å². The van der Waals surface area contributed by atoms with E-state index in [1.807, 2.05) is 13.8 Å². The lowest BCUT2D eigenvalue weighted by Crippen LogP contribution is -2.19. The normalized spacial score (nSPS) is 12.0. The molecule has 0 fully saturated rings. The van der Waals surface area contributed by atoms with Crippen LogP contribution in [0.3, 0.4) is 0 Å². The van der Waals surface area contributed by atoms with Gasteiger partial charge in [-0.3, -0.25) is 4.79 Å². The number of benzene rings is 2. The molecule has 9 heteroatoms. The molecule has 160 valence electrons. The summed E-state index contributed by atoms with van der Waals surface area (Å²) < 4.78 is 45.1. The van der Waals surface area contributed by atoms with E-state index in [1.165, 1.54) is 13.0 Å². The summed E-state index contributed by atoms with van der Waals surface area (Å²) in [6.45, 7) is 5.42. The number of hydrogen-bond donors (Lipinski definition) is 2. The van der Waals surface area contributed by atoms with Crippen molar-refractivity contribution >= 4 is 41.9 Å². The highest BCUT2D eigenvalue weighted by Gasteiger charge is 2.32. The van der Waals surface area contributed by atoms with Gasteiger partial charge in [-0.05, 0) is 60.4 Å². The molecule has 2 aromatic rings. The van der Waals surface area contributed by atoms with Crippen molar-refractivity contribution in [2.75, 3.05) is 11.5 Å². The number of ether oxygens (including phenoxy) is 1. The Hall–Kier alpha value is -1.51. The molecule has 0 saturated heterocycles. The maximum atomic E-state index is 13.2. The molecule has 1 amide bonds. The van der Waals surface area contributed by atoms with Gasteiger partial charge in [0.2, 0.25) is 5.91 Å². The Kier molecular flexibility index (Phi) is 10.2. The van der Waals surface area contributed by atoms with Gasteiger partial charge in [0.1, 0.15) is 11.5 Å². The molecule has 2 N–H and O–H groups in total. The topological polar surface area (TPSA) is 52.3 Å². The fraction of sp³-hybridized carbons (Fsp3) is 0.350. The van der Waals surface area contributed by atoms with Gasteiger partial charge in [0.05, 0.1) is 16.5 Å². The molecule has 0 heterocycles. The third-order valence-electron chi connectivity index (χ3n) is 3.63. The van der Waals surface area contributed by atoms with Crippen molar-refractivity contribution in [2.24, 2.45) is 5.73 Å². The quantitative estimate of drug-likeness (QED) is 0.365. The Morgan fingerprint density at radius 2 is 1.86 bits per heavy atom. The fourth-order valence-corrected chi connectivity index (χ4v) is 3.19. The van der Waals surface area contributed by atoms with Crippen LogP contribution in [0, 0.1) is 0 Å². The second-order valence-corrected chi connectivity index (χ2v) is 8.23. The van der Waals surface area contributed by atoms with E-state index in [9.17, 15) is 18.0 Å². The number of alkyl halides is 3. The Balaban J connectivity index is 0.00000132. The zero-order valence-electron chi connectivity index (χ0n) is 16.2. The Morgan fingerprint density at radius 1 is 1.24 bits per heavy atom. The molecule has 3 nitrogen and oxygen atoms in total. The molecular weight excluding hydrogens is 443 g/mol. The third-order valence-corrected chi connectivity index (χ3v) is 4.80. The van der Waals surface area contributed by atoms with Crippen molar-refractivity contribution in [1.29, 1.82) is 0 Å². The van der Waals surface area contributed by atoms with Gasteiger partial charge in [-0.2, -0.15) is 25.8 Å². The number of thiol groups is 1. The highest BCUT2D eigenvalue weighted by molar-refractivity contribution is 7.99. The van der Waals surface area contributed by atoms with Gasteiger partial charge >= 0.3 is 6.18 Å². The number of carbonyl (C=O) groups excluding carboxylic acids is 1. The van der Waals surface area contributed by atoms with Crippen LogP contribution in [0.2, 0.25) is 5.02 Å². The summed E-state index contributed by atoms with van der Waals surface area (Å²) in [6, 6.07) is 8.17. The molecule has 0 aliphatic heterocycles. The molecule has 1 unspecified atom stereocenters. The molecule has 29 heavy (non-hydrogen) atoms. The number of nitrogens with two attached hydrogens (primary N) is 1. The summed E-state index contributed by atoms with van der Waals surface area (Å²) in [5.74, 6) is 0.343. The van der Waals surface area contributed by atoms with Crippen LogP contribution in [-0.4, -0.2) is 17.4 Å². The highest BCUT2D eigenvalue weighted by atomic mass is 35.5. The first-order valence-electron chi connectivity index (χ1n) is 8.76. The first-order chi connectivity index (χ1) is 13.5. The number of primary amides is 1. The maximum absolute atomic E-state index is 13.2. The number of amides is 1. The SMILES string of the molecule is CCS.CCSc1ccc(Oc2cc(C(C)C(N)=O)cc(C(F)(F)F)c2)c(Cl)c1. The van der Waals surface area contributed by atoms with Gasteiger partial charge in [-0.1, -0.05) is 25.4 Å². The van der Waals surface area contributed by atoms with Crippen molar-refractivity contribution in [3.63, 3.8) is 0 Å². The predicted octanol–water partition coefficient (Wildman–Crippen LogP) is 6.79. The largest absolute Gasteiger partial charge is 0.456 e. The maximum Gasteiger partial charge on any atom is 0.416 e. The van der Waals surface area contributed by atoms with Gasteiger partial charge in [-0.25, -0.2) is 0 Å². The summed E-state index contributed by atoms with van der Waals surface area (Å²) in [4.78, 5) is 12.3. The third kappa shape index (κ3) is 8.03. The Bertz CT molecular complexity index is 832. The average Bonchev–Trinajstić information content (AvgIpc) is 2.63. The molecule has 0 spiro atoms. The number of carbonyl (C=O) groups is 1. The van der Waals surface area contributed by atoms with Gasteiger partial charge < -0.3 is 10.5 Å². The lowest BCUT2D eigenvalue weighted by molar-refractivity contribution is -0.137. The molecule has 1 atom stereocenters. The minimum absolute atomic E-state index is 0.0688. The lowest BCUT2D eigenvalue weighted by atomic mass is 9.98. The second-order valence-electron chi connectivity index (χ2n) is 5.86. The van der Waals surface area contributed by atoms with Crippen LogP contribution in [0.5, 0.6) is 11.5 Å². The van der Waals surface area contributed by atoms with E-state index in [0.717, 1.165) is 28.5 Å². The zero-order valence-corrected chi connectivity index (χ0v) is 18.7. The number of hydrogen-bond acceptors (Lipinski definition) is 4. The van der Waals surface area contributed by atoms with Crippen LogP contribution < -0.4 is 10.5 Å². The molecule has 0 aliphatic carbocycles. The van der Waals surface area contributed by atoms with Gasteiger partial charge in [0, 0.05) is 4.90 Å². The molecule has 0 aromatic heterocycles. The van der Waals surface area contributed by atoms with Crippen LogP contribution in [-0.2, 0) is 11.0 Å². The van der Waals surface area contributed by atoms with E-state index >= 15 is 0 Å². The molecular formula is C20H23ClF3NO2S2. The number of halogens is 4. The van der Waals surface area contributed by atoms with Crippen molar-refractivity contribution in [2.45, 2.75) is 37.8 Å². The minimum Gasteiger partial charge on any atom is -0.456 e. The average molecular weight is 466 g/mol. The summed E-state index contributed by atoms with van der Waals surface area (Å²) >= 11 is 11.5. The molecule has 0 saturated carbocycles. The summed E-state index contributed by atoms with van der Waals surface area (Å²) in [5.41, 5.74) is 4.41. The van der Waals surface area contributed by atoms with Gasteiger partial charge in [0.25, 0.3) is 0 Å². The number of thioether (sulfide) groups is 1. The first-order valence-corrected chi connectivity index (χ1v) is 10.8. The summed E-state index contributed by atoms with van der Waals surface area (Å²) in [5, 5.41) is 0.283. The molecule has 0 radical (unpaired) electrons. The second kappa shape index (κ2) is 11.6. The smallest absolute Gasteiger partial charge is 0.416 e. The van der Waals surface area contributed by atoms with Crippen LogP contribution in [0.4, 0.5) is 13.2 Å².